The van der Waals surface area contributed by atoms with E-state index in [0.717, 1.165) is 37.8 Å². The molecule has 0 amide bonds. The van der Waals surface area contributed by atoms with E-state index in [1.54, 1.807) is 6.92 Å². The minimum atomic E-state index is -4.37. The van der Waals surface area contributed by atoms with Crippen molar-refractivity contribution in [3.8, 4) is 5.75 Å². The summed E-state index contributed by atoms with van der Waals surface area (Å²) in [6.07, 6.45) is -0.845. The van der Waals surface area contributed by atoms with Crippen LogP contribution in [0.15, 0.2) is 24.3 Å². The number of halogens is 3. The molecule has 1 aliphatic rings. The van der Waals surface area contributed by atoms with Crippen molar-refractivity contribution in [2.45, 2.75) is 44.8 Å². The van der Waals surface area contributed by atoms with Gasteiger partial charge in [0.1, 0.15) is 5.75 Å². The zero-order chi connectivity index (χ0) is 17.8. The van der Waals surface area contributed by atoms with E-state index in [9.17, 15) is 21.6 Å². The van der Waals surface area contributed by atoms with Gasteiger partial charge in [0.2, 0.25) is 10.0 Å². The topological polar surface area (TPSA) is 55.4 Å². The average molecular weight is 365 g/mol. The molecule has 0 bridgehead atoms. The maximum Gasteiger partial charge on any atom is 0.416 e. The number of hydrogen-bond acceptors (Lipinski definition) is 3. The maximum atomic E-state index is 12.5. The first-order valence-electron chi connectivity index (χ1n) is 8.01. The van der Waals surface area contributed by atoms with Crippen molar-refractivity contribution in [3.05, 3.63) is 29.8 Å². The SMILES string of the molecule is CCS(=O)(=O)N[C@H]1CCCC[C@@H]1COc1ccc(C(F)(F)F)cc1. The van der Waals surface area contributed by atoms with Crippen LogP contribution in [0.25, 0.3) is 0 Å². The summed E-state index contributed by atoms with van der Waals surface area (Å²) >= 11 is 0. The summed E-state index contributed by atoms with van der Waals surface area (Å²) in [7, 11) is -3.29. The van der Waals surface area contributed by atoms with Crippen LogP contribution in [0.3, 0.4) is 0 Å². The van der Waals surface area contributed by atoms with E-state index in [2.05, 4.69) is 4.72 Å². The quantitative estimate of drug-likeness (QED) is 0.838. The molecule has 0 aliphatic heterocycles. The normalized spacial score (nSPS) is 22.3. The van der Waals surface area contributed by atoms with Crippen LogP contribution in [0.1, 0.15) is 38.2 Å². The Morgan fingerprint density at radius 3 is 2.38 bits per heavy atom. The number of nitrogens with one attached hydrogen (secondary N) is 1. The fourth-order valence-corrected chi connectivity index (χ4v) is 3.76. The maximum absolute atomic E-state index is 12.5. The molecule has 24 heavy (non-hydrogen) atoms. The highest BCUT2D eigenvalue weighted by atomic mass is 32.2. The van der Waals surface area contributed by atoms with Crippen molar-refractivity contribution in [1.29, 1.82) is 0 Å². The molecule has 0 unspecified atom stereocenters. The molecule has 4 nitrogen and oxygen atoms in total. The first-order valence-corrected chi connectivity index (χ1v) is 9.66. The summed E-state index contributed by atoms with van der Waals surface area (Å²) in [6.45, 7) is 1.86. The Morgan fingerprint density at radius 1 is 1.17 bits per heavy atom. The minimum absolute atomic E-state index is 0.0161. The van der Waals surface area contributed by atoms with Gasteiger partial charge in [-0.25, -0.2) is 13.1 Å². The van der Waals surface area contributed by atoms with Crippen LogP contribution in [-0.2, 0) is 16.2 Å². The second kappa shape index (κ2) is 7.74. The van der Waals surface area contributed by atoms with Crippen LogP contribution in [0.5, 0.6) is 5.75 Å². The number of hydrogen-bond donors (Lipinski definition) is 1. The average Bonchev–Trinajstić information content (AvgIpc) is 2.53. The molecule has 8 heteroatoms. The van der Waals surface area contributed by atoms with E-state index in [1.165, 1.54) is 12.1 Å². The van der Waals surface area contributed by atoms with E-state index in [0.29, 0.717) is 5.75 Å². The lowest BCUT2D eigenvalue weighted by molar-refractivity contribution is -0.137. The lowest BCUT2D eigenvalue weighted by atomic mass is 9.86. The third-order valence-electron chi connectivity index (χ3n) is 4.27. The Morgan fingerprint density at radius 2 is 1.79 bits per heavy atom. The second-order valence-electron chi connectivity index (χ2n) is 6.01. The summed E-state index contributed by atoms with van der Waals surface area (Å²) in [6, 6.07) is 4.35. The van der Waals surface area contributed by atoms with Crippen molar-refractivity contribution < 1.29 is 26.3 Å². The number of rotatable bonds is 6. The Hall–Kier alpha value is -1.28. The first-order chi connectivity index (χ1) is 11.2. The molecule has 1 aromatic rings. The predicted octanol–water partition coefficient (Wildman–Crippen LogP) is 3.58. The monoisotopic (exact) mass is 365 g/mol. The molecule has 1 aliphatic carbocycles. The first kappa shape index (κ1) is 19.1. The van der Waals surface area contributed by atoms with Gasteiger partial charge in [-0.15, -0.1) is 0 Å². The molecule has 1 aromatic carbocycles. The summed E-state index contributed by atoms with van der Waals surface area (Å²) in [4.78, 5) is 0. The highest BCUT2D eigenvalue weighted by Gasteiger charge is 2.31. The zero-order valence-corrected chi connectivity index (χ0v) is 14.3. The van der Waals surface area contributed by atoms with Crippen LogP contribution in [-0.4, -0.2) is 26.8 Å². The Balaban J connectivity index is 1.96. The lowest BCUT2D eigenvalue weighted by Gasteiger charge is -2.31. The molecule has 136 valence electrons. The third kappa shape index (κ3) is 5.37. The summed E-state index contributed by atoms with van der Waals surface area (Å²) in [5, 5.41) is 0. The van der Waals surface area contributed by atoms with E-state index >= 15 is 0 Å². The molecule has 0 spiro atoms. The van der Waals surface area contributed by atoms with Gasteiger partial charge >= 0.3 is 6.18 Å². The van der Waals surface area contributed by atoms with Gasteiger partial charge in [-0.05, 0) is 44.0 Å². The van der Waals surface area contributed by atoms with Crippen LogP contribution in [0, 0.1) is 5.92 Å². The van der Waals surface area contributed by atoms with Crippen molar-refractivity contribution in [3.63, 3.8) is 0 Å². The van der Waals surface area contributed by atoms with Gasteiger partial charge in [0.05, 0.1) is 17.9 Å². The molecule has 1 N–H and O–H groups in total. The molecule has 0 saturated heterocycles. The number of sulfonamides is 1. The standard InChI is InChI=1S/C16H22F3NO3S/c1-2-24(21,22)20-15-6-4-3-5-12(15)11-23-14-9-7-13(8-10-14)16(17,18)19/h7-10,12,15,20H,2-6,11H2,1H3/t12-,15+/m1/s1. The van der Waals surface area contributed by atoms with E-state index in [-0.39, 0.29) is 24.3 Å². The van der Waals surface area contributed by atoms with Crippen LogP contribution in [0.2, 0.25) is 0 Å². The molecular formula is C16H22F3NO3S. The lowest BCUT2D eigenvalue weighted by Crippen LogP contribution is -2.44. The van der Waals surface area contributed by atoms with E-state index in [4.69, 9.17) is 4.74 Å². The second-order valence-corrected chi connectivity index (χ2v) is 8.05. The molecule has 0 heterocycles. The largest absolute Gasteiger partial charge is 0.493 e. The summed E-state index contributed by atoms with van der Waals surface area (Å²) in [5.74, 6) is 0.392. The van der Waals surface area contributed by atoms with Gasteiger partial charge in [0.15, 0.2) is 0 Å². The van der Waals surface area contributed by atoms with Gasteiger partial charge in [-0.3, -0.25) is 0 Å². The highest BCUT2D eigenvalue weighted by molar-refractivity contribution is 7.89. The van der Waals surface area contributed by atoms with Crippen molar-refractivity contribution >= 4 is 10.0 Å². The molecular weight excluding hydrogens is 343 g/mol. The molecule has 1 saturated carbocycles. The predicted molar refractivity (Wildman–Crippen MR) is 85.3 cm³/mol. The molecule has 1 fully saturated rings. The van der Waals surface area contributed by atoms with Gasteiger partial charge in [-0.1, -0.05) is 12.8 Å². The van der Waals surface area contributed by atoms with Gasteiger partial charge in [-0.2, -0.15) is 13.2 Å². The summed E-state index contributed by atoms with van der Waals surface area (Å²) in [5.41, 5.74) is -0.721. The Labute approximate surface area is 140 Å². The zero-order valence-electron chi connectivity index (χ0n) is 13.5. The third-order valence-corrected chi connectivity index (χ3v) is 5.69. The summed E-state index contributed by atoms with van der Waals surface area (Å²) < 4.78 is 69.4. The van der Waals surface area contributed by atoms with Crippen molar-refractivity contribution in [2.75, 3.05) is 12.4 Å². The van der Waals surface area contributed by atoms with Crippen molar-refractivity contribution in [1.82, 2.24) is 4.72 Å². The number of benzene rings is 1. The smallest absolute Gasteiger partial charge is 0.416 e. The van der Waals surface area contributed by atoms with Gasteiger partial charge < -0.3 is 4.74 Å². The fraction of sp³-hybridized carbons (Fsp3) is 0.625. The van der Waals surface area contributed by atoms with Crippen LogP contribution in [0.4, 0.5) is 13.2 Å². The van der Waals surface area contributed by atoms with E-state index in [1.807, 2.05) is 0 Å². The Bertz CT molecular complexity index is 629. The van der Waals surface area contributed by atoms with Crippen molar-refractivity contribution in [2.24, 2.45) is 5.92 Å². The number of alkyl halides is 3. The molecule has 2 rings (SSSR count). The molecule has 0 aromatic heterocycles. The van der Waals surface area contributed by atoms with Crippen LogP contribution >= 0.6 is 0 Å². The minimum Gasteiger partial charge on any atom is -0.493 e. The van der Waals surface area contributed by atoms with Crippen LogP contribution < -0.4 is 9.46 Å². The molecule has 0 radical (unpaired) electrons. The number of ether oxygens (including phenoxy) is 1. The van der Waals surface area contributed by atoms with Gasteiger partial charge in [0, 0.05) is 12.0 Å². The fourth-order valence-electron chi connectivity index (χ4n) is 2.82. The molecule has 2 atom stereocenters. The van der Waals surface area contributed by atoms with Gasteiger partial charge in [0.25, 0.3) is 0 Å². The Kier molecular flexibility index (Phi) is 6.14. The highest BCUT2D eigenvalue weighted by Crippen LogP contribution is 2.31. The van der Waals surface area contributed by atoms with E-state index < -0.39 is 21.8 Å².